The Balaban J connectivity index is 0.000000412. The Kier molecular flexibility index (Phi) is 10.4. The first kappa shape index (κ1) is 22.0. The molecule has 0 saturated heterocycles. The van der Waals surface area contributed by atoms with E-state index >= 15 is 0 Å². The average molecular weight is 372 g/mol. The van der Waals surface area contributed by atoms with Crippen molar-refractivity contribution in [1.29, 1.82) is 0 Å². The van der Waals surface area contributed by atoms with Crippen molar-refractivity contribution < 1.29 is 9.59 Å². The zero-order chi connectivity index (χ0) is 19.4. The van der Waals surface area contributed by atoms with E-state index in [4.69, 9.17) is 0 Å². The smallest absolute Gasteiger partial charge is 0.256 e. The first-order valence-corrected chi connectivity index (χ1v) is 9.64. The minimum absolute atomic E-state index is 0.00131. The molecule has 0 bridgehead atoms. The summed E-state index contributed by atoms with van der Waals surface area (Å²) in [4.78, 5) is 23.8. The van der Waals surface area contributed by atoms with Crippen molar-refractivity contribution in [3.05, 3.63) is 59.7 Å². The summed E-state index contributed by atoms with van der Waals surface area (Å²) in [6.45, 7) is 6.00. The third-order valence-electron chi connectivity index (χ3n) is 3.91. The van der Waals surface area contributed by atoms with E-state index in [0.717, 1.165) is 0 Å². The van der Waals surface area contributed by atoms with E-state index in [1.807, 2.05) is 6.07 Å². The number of amides is 1. The maximum atomic E-state index is 12.0. The van der Waals surface area contributed by atoms with Crippen LogP contribution in [-0.2, 0) is 0 Å². The van der Waals surface area contributed by atoms with Gasteiger partial charge in [-0.15, -0.1) is 12.6 Å². The number of rotatable bonds is 7. The zero-order valence-corrected chi connectivity index (χ0v) is 16.8. The van der Waals surface area contributed by atoms with Gasteiger partial charge >= 0.3 is 0 Å². The van der Waals surface area contributed by atoms with Crippen LogP contribution < -0.4 is 5.32 Å². The molecule has 26 heavy (non-hydrogen) atoms. The fourth-order valence-electron chi connectivity index (χ4n) is 2.33. The number of benzene rings is 2. The van der Waals surface area contributed by atoms with E-state index in [1.165, 1.54) is 39.0 Å². The molecule has 0 atom stereocenters. The average Bonchev–Trinajstić information content (AvgIpc) is 2.63. The summed E-state index contributed by atoms with van der Waals surface area (Å²) in [6.07, 6.45) is 7.01. The number of hydrogen-bond acceptors (Lipinski definition) is 3. The molecule has 0 spiro atoms. The Bertz CT molecular complexity index is 692. The van der Waals surface area contributed by atoms with Crippen LogP contribution in [0, 0.1) is 0 Å². The molecule has 2 aromatic rings. The number of Topliss-reactive ketones (excluding diaryl/α,β-unsaturated/α-hetero) is 1. The number of carbonyl (C=O) groups is 2. The molecule has 140 valence electrons. The Morgan fingerprint density at radius 3 is 1.96 bits per heavy atom. The number of hydrogen-bond donors (Lipinski definition) is 2. The maximum Gasteiger partial charge on any atom is 0.256 e. The van der Waals surface area contributed by atoms with Crippen molar-refractivity contribution in [3.63, 3.8) is 0 Å². The summed E-state index contributed by atoms with van der Waals surface area (Å²) in [5, 5.41) is 2.77. The molecule has 2 aromatic carbocycles. The topological polar surface area (TPSA) is 46.2 Å². The number of unbranched alkanes of at least 4 members (excludes halogenated alkanes) is 4. The SMILES string of the molecule is CC(=O)c1ccc(NC(=O)c2ccccc2S)cc1.CCCCCCC. The second-order valence-corrected chi connectivity index (χ2v) is 6.65. The molecular formula is C22H29NO2S. The van der Waals surface area contributed by atoms with Gasteiger partial charge in [-0.05, 0) is 43.3 Å². The second kappa shape index (κ2) is 12.3. The standard InChI is InChI=1S/C15H13NO2S.C7H16/c1-10(17)11-6-8-12(9-7-11)16-15(18)13-4-2-3-5-14(13)19;1-3-5-7-6-4-2/h2-9,19H,1H3,(H,16,18);3-7H2,1-2H3. The molecular weight excluding hydrogens is 342 g/mol. The number of nitrogens with one attached hydrogen (secondary N) is 1. The Hall–Kier alpha value is -2.07. The molecule has 1 N–H and O–H groups in total. The predicted molar refractivity (Wildman–Crippen MR) is 113 cm³/mol. The van der Waals surface area contributed by atoms with Gasteiger partial charge in [0.2, 0.25) is 0 Å². The van der Waals surface area contributed by atoms with Gasteiger partial charge in [-0.2, -0.15) is 0 Å². The molecule has 0 fully saturated rings. The lowest BCUT2D eigenvalue weighted by Gasteiger charge is -2.07. The van der Waals surface area contributed by atoms with Gasteiger partial charge in [-0.25, -0.2) is 0 Å². The van der Waals surface area contributed by atoms with Crippen molar-refractivity contribution in [2.45, 2.75) is 57.8 Å². The summed E-state index contributed by atoms with van der Waals surface area (Å²) >= 11 is 4.24. The van der Waals surface area contributed by atoms with Crippen LogP contribution in [0.2, 0.25) is 0 Å². The van der Waals surface area contributed by atoms with Gasteiger partial charge < -0.3 is 5.32 Å². The van der Waals surface area contributed by atoms with Crippen LogP contribution in [0.1, 0.15) is 73.6 Å². The molecule has 2 rings (SSSR count). The molecule has 0 aliphatic rings. The molecule has 1 amide bonds. The van der Waals surface area contributed by atoms with Gasteiger partial charge in [0.05, 0.1) is 5.56 Å². The van der Waals surface area contributed by atoms with Gasteiger partial charge in [-0.3, -0.25) is 9.59 Å². The van der Waals surface area contributed by atoms with Gasteiger partial charge in [0.1, 0.15) is 0 Å². The van der Waals surface area contributed by atoms with Crippen molar-refractivity contribution >= 4 is 30.0 Å². The van der Waals surface area contributed by atoms with Crippen LogP contribution in [0.4, 0.5) is 5.69 Å². The number of carbonyl (C=O) groups excluding carboxylic acids is 2. The van der Waals surface area contributed by atoms with Gasteiger partial charge in [0.15, 0.2) is 5.78 Å². The fourth-order valence-corrected chi connectivity index (χ4v) is 2.59. The third-order valence-corrected chi connectivity index (χ3v) is 4.30. The number of ketones is 1. The quantitative estimate of drug-likeness (QED) is 0.336. The highest BCUT2D eigenvalue weighted by atomic mass is 32.1. The summed E-state index contributed by atoms with van der Waals surface area (Å²) < 4.78 is 0. The Morgan fingerprint density at radius 1 is 0.885 bits per heavy atom. The van der Waals surface area contributed by atoms with Gasteiger partial charge in [-0.1, -0.05) is 58.1 Å². The van der Waals surface area contributed by atoms with Crippen molar-refractivity contribution in [2.24, 2.45) is 0 Å². The second-order valence-electron chi connectivity index (χ2n) is 6.17. The fraction of sp³-hybridized carbons (Fsp3) is 0.364. The normalized spacial score (nSPS) is 9.85. The summed E-state index contributed by atoms with van der Waals surface area (Å²) in [6, 6.07) is 13.9. The minimum atomic E-state index is -0.221. The zero-order valence-electron chi connectivity index (χ0n) is 15.9. The summed E-state index contributed by atoms with van der Waals surface area (Å²) in [7, 11) is 0. The van der Waals surface area contributed by atoms with Crippen molar-refractivity contribution in [3.8, 4) is 0 Å². The highest BCUT2D eigenvalue weighted by molar-refractivity contribution is 7.80. The van der Waals surface area contributed by atoms with Crippen LogP contribution in [0.15, 0.2) is 53.4 Å². The van der Waals surface area contributed by atoms with E-state index in [9.17, 15) is 9.59 Å². The highest BCUT2D eigenvalue weighted by Gasteiger charge is 2.09. The molecule has 0 aliphatic heterocycles. The lowest BCUT2D eigenvalue weighted by Crippen LogP contribution is -2.12. The van der Waals surface area contributed by atoms with Crippen LogP contribution >= 0.6 is 12.6 Å². The van der Waals surface area contributed by atoms with Crippen LogP contribution in [0.25, 0.3) is 0 Å². The van der Waals surface area contributed by atoms with Crippen molar-refractivity contribution in [1.82, 2.24) is 0 Å². The van der Waals surface area contributed by atoms with E-state index < -0.39 is 0 Å². The lowest BCUT2D eigenvalue weighted by molar-refractivity contribution is 0.101. The highest BCUT2D eigenvalue weighted by Crippen LogP contribution is 2.16. The molecule has 0 radical (unpaired) electrons. The van der Waals surface area contributed by atoms with Crippen LogP contribution in [-0.4, -0.2) is 11.7 Å². The van der Waals surface area contributed by atoms with Crippen LogP contribution in [0.5, 0.6) is 0 Å². The van der Waals surface area contributed by atoms with Gasteiger partial charge in [0, 0.05) is 16.1 Å². The number of anilines is 1. The molecule has 0 unspecified atom stereocenters. The predicted octanol–water partition coefficient (Wildman–Crippen LogP) is 6.41. The van der Waals surface area contributed by atoms with E-state index in [0.29, 0.717) is 21.7 Å². The van der Waals surface area contributed by atoms with Crippen LogP contribution in [0.3, 0.4) is 0 Å². The molecule has 0 heterocycles. The third kappa shape index (κ3) is 7.87. The summed E-state index contributed by atoms with van der Waals surface area (Å²) in [5.74, 6) is -0.222. The molecule has 0 aliphatic carbocycles. The minimum Gasteiger partial charge on any atom is -0.322 e. The number of thiol groups is 1. The first-order valence-electron chi connectivity index (χ1n) is 9.19. The molecule has 0 saturated carbocycles. The maximum absolute atomic E-state index is 12.0. The summed E-state index contributed by atoms with van der Waals surface area (Å²) in [5.41, 5.74) is 1.78. The molecule has 3 nitrogen and oxygen atoms in total. The van der Waals surface area contributed by atoms with E-state index in [-0.39, 0.29) is 11.7 Å². The van der Waals surface area contributed by atoms with E-state index in [2.05, 4.69) is 31.8 Å². The lowest BCUT2D eigenvalue weighted by atomic mass is 10.1. The Labute approximate surface area is 162 Å². The van der Waals surface area contributed by atoms with Gasteiger partial charge in [0.25, 0.3) is 5.91 Å². The Morgan fingerprint density at radius 2 is 1.46 bits per heavy atom. The molecule has 4 heteroatoms. The molecule has 0 aromatic heterocycles. The van der Waals surface area contributed by atoms with Crippen molar-refractivity contribution in [2.75, 3.05) is 5.32 Å². The van der Waals surface area contributed by atoms with E-state index in [1.54, 1.807) is 42.5 Å². The monoisotopic (exact) mass is 371 g/mol. The first-order chi connectivity index (χ1) is 12.5. The largest absolute Gasteiger partial charge is 0.322 e.